The maximum Gasteiger partial charge on any atom is 0.265 e. The van der Waals surface area contributed by atoms with Gasteiger partial charge >= 0.3 is 0 Å². The van der Waals surface area contributed by atoms with Crippen LogP contribution in [-0.2, 0) is 47.8 Å². The molecule has 0 aliphatic heterocycles. The molecule has 3 saturated carbocycles. The summed E-state index contributed by atoms with van der Waals surface area (Å²) in [6, 6.07) is 15.1. The third-order valence-corrected chi connectivity index (χ3v) is 25.0. The minimum absolute atomic E-state index is 0.0197. The number of nitrogens with two attached hydrogens (primary N) is 1. The van der Waals surface area contributed by atoms with Crippen LogP contribution in [0, 0.1) is 35.0 Å². The number of nitrogens with zero attached hydrogens (tertiary/aromatic N) is 5. The lowest BCUT2D eigenvalue weighted by molar-refractivity contribution is -0.159. The molecule has 1 amide bonds. The molecule has 9 atom stereocenters. The van der Waals surface area contributed by atoms with Crippen molar-refractivity contribution < 1.29 is 67.6 Å². The first kappa shape index (κ1) is 63.0. The fourth-order valence-corrected chi connectivity index (χ4v) is 16.8. The number of aromatic nitrogens is 1. The van der Waals surface area contributed by atoms with E-state index in [0.29, 0.717) is 48.4 Å². The molecular formula is C66H84N6O14Si. The number of aryl methyl sites for hydroxylation is 1. The van der Waals surface area contributed by atoms with Gasteiger partial charge in [-0.1, -0.05) is 70.5 Å². The van der Waals surface area contributed by atoms with Crippen molar-refractivity contribution in [1.82, 2.24) is 15.0 Å². The van der Waals surface area contributed by atoms with Gasteiger partial charge in [-0.15, -0.1) is 0 Å². The van der Waals surface area contributed by atoms with Crippen LogP contribution in [0.3, 0.4) is 0 Å². The molecule has 4 aromatic rings. The Labute approximate surface area is 509 Å². The molecule has 0 bridgehead atoms. The van der Waals surface area contributed by atoms with Gasteiger partial charge in [-0.25, -0.2) is 0 Å². The highest BCUT2D eigenvalue weighted by Gasteiger charge is 2.87. The molecule has 1 aromatic heterocycles. The van der Waals surface area contributed by atoms with Gasteiger partial charge in [-0.05, 0) is 143 Å². The van der Waals surface area contributed by atoms with Crippen LogP contribution in [0.5, 0.6) is 11.6 Å². The molecule has 0 unspecified atom stereocenters. The van der Waals surface area contributed by atoms with Crippen LogP contribution in [0.4, 0.5) is 11.4 Å². The predicted octanol–water partition coefficient (Wildman–Crippen LogP) is 7.81. The Morgan fingerprint density at radius 2 is 1.41 bits per heavy atom. The second-order valence-electron chi connectivity index (χ2n) is 27.7. The van der Waals surface area contributed by atoms with Crippen molar-refractivity contribution in [3.63, 3.8) is 0 Å². The molecule has 1 heterocycles. The maximum atomic E-state index is 15.8. The summed E-state index contributed by atoms with van der Waals surface area (Å²) in [5.74, 6) is -7.46. The van der Waals surface area contributed by atoms with Gasteiger partial charge < -0.3 is 54.4 Å². The first-order chi connectivity index (χ1) is 40.7. The number of amides is 1. The highest BCUT2D eigenvalue weighted by atomic mass is 28.4. The predicted molar refractivity (Wildman–Crippen MR) is 328 cm³/mol. The van der Waals surface area contributed by atoms with E-state index in [4.69, 9.17) is 24.2 Å². The number of phenols is 1. The van der Waals surface area contributed by atoms with E-state index in [1.54, 1.807) is 20.2 Å². The van der Waals surface area contributed by atoms with E-state index in [9.17, 15) is 39.6 Å². The number of ketones is 5. The number of likely N-dealkylation sites (N-methyl/N-ethyl adjacent to an activating group) is 1. The van der Waals surface area contributed by atoms with Gasteiger partial charge in [0.05, 0.1) is 29.8 Å². The third kappa shape index (κ3) is 9.17. The second kappa shape index (κ2) is 21.6. The number of phenolic OH excluding ortho intramolecular Hbond substituents is 1. The Hall–Kier alpha value is -7.01. The number of aliphatic hydroxyl groups excluding tert-OH is 2. The molecule has 0 saturated heterocycles. The Morgan fingerprint density at radius 1 is 0.793 bits per heavy atom. The molecule has 87 heavy (non-hydrogen) atoms. The van der Waals surface area contributed by atoms with Crippen molar-refractivity contribution in [1.29, 1.82) is 0 Å². The van der Waals surface area contributed by atoms with Crippen LogP contribution in [-0.4, -0.2) is 165 Å². The van der Waals surface area contributed by atoms with Crippen molar-refractivity contribution in [2.45, 2.75) is 128 Å². The molecule has 21 heteroatoms. The molecule has 7 aliphatic rings. The van der Waals surface area contributed by atoms with Gasteiger partial charge in [-0.3, -0.25) is 38.6 Å². The average molecular weight is 1210 g/mol. The number of Topliss-reactive ketones (excluding diaryl/α,β-unsaturated/α-hetero) is 5. The zero-order chi connectivity index (χ0) is 63.8. The first-order valence-electron chi connectivity index (χ1n) is 29.9. The summed E-state index contributed by atoms with van der Waals surface area (Å²) in [5, 5.41) is 49.4. The number of aliphatic hydroxyl groups is 3. The number of unbranched alkanes of at least 4 members (excludes halogenated alkanes) is 1. The Morgan fingerprint density at radius 3 is 2.00 bits per heavy atom. The minimum atomic E-state index is -2.82. The van der Waals surface area contributed by atoms with Crippen LogP contribution in [0.25, 0.3) is 5.76 Å². The Balaban J connectivity index is 0.000000197. The molecule has 466 valence electrons. The number of aromatic hydroxyl groups is 1. The number of carbonyl (C=O) groups excluding carboxylic acids is 6. The van der Waals surface area contributed by atoms with E-state index < -0.39 is 100 Å². The number of ether oxygens (including phenoxy) is 2. The molecule has 20 nitrogen and oxygen atoms in total. The number of carbonyl (C=O) groups is 6. The van der Waals surface area contributed by atoms with Crippen LogP contribution in [0.2, 0.25) is 18.1 Å². The van der Waals surface area contributed by atoms with Gasteiger partial charge in [0.1, 0.15) is 40.4 Å². The summed E-state index contributed by atoms with van der Waals surface area (Å²) >= 11 is 0. The van der Waals surface area contributed by atoms with Gasteiger partial charge in [0.15, 0.2) is 42.6 Å². The highest BCUT2D eigenvalue weighted by molar-refractivity contribution is 6.74. The molecule has 7 aliphatic carbocycles. The van der Waals surface area contributed by atoms with Crippen LogP contribution in [0.15, 0.2) is 76.0 Å². The molecule has 11 rings (SSSR count). The van der Waals surface area contributed by atoms with Gasteiger partial charge in [0, 0.05) is 69.0 Å². The van der Waals surface area contributed by atoms with E-state index in [2.05, 4.69) is 45.1 Å². The smallest absolute Gasteiger partial charge is 0.265 e. The monoisotopic (exact) mass is 1210 g/mol. The van der Waals surface area contributed by atoms with Crippen LogP contribution in [0.1, 0.15) is 120 Å². The summed E-state index contributed by atoms with van der Waals surface area (Å²) in [6.45, 7) is 14.9. The molecule has 3 aromatic carbocycles. The number of hydrogen-bond acceptors (Lipinski definition) is 19. The lowest BCUT2D eigenvalue weighted by Gasteiger charge is -2.56. The zero-order valence-corrected chi connectivity index (χ0v) is 53.8. The summed E-state index contributed by atoms with van der Waals surface area (Å²) in [7, 11) is 11.8. The number of anilines is 2. The first-order valence-corrected chi connectivity index (χ1v) is 32.8. The summed E-state index contributed by atoms with van der Waals surface area (Å²) in [4.78, 5) is 93.4. The Kier molecular flexibility index (Phi) is 15.7. The maximum absolute atomic E-state index is 15.8. The van der Waals surface area contributed by atoms with Crippen LogP contribution >= 0.6 is 0 Å². The largest absolute Gasteiger partial charge is 0.508 e. The van der Waals surface area contributed by atoms with E-state index in [0.717, 1.165) is 35.2 Å². The number of benzene rings is 3. The van der Waals surface area contributed by atoms with Crippen molar-refractivity contribution in [2.75, 3.05) is 79.4 Å². The lowest BCUT2D eigenvalue weighted by atomic mass is 9.51. The summed E-state index contributed by atoms with van der Waals surface area (Å²) in [5.41, 5.74) is 2.40. The summed E-state index contributed by atoms with van der Waals surface area (Å²) < 4.78 is 25.5. The number of rotatable bonds is 15. The number of fused-ring (bicyclic) bond motifs is 6. The van der Waals surface area contributed by atoms with Crippen molar-refractivity contribution >= 4 is 60.3 Å². The molecule has 0 spiro atoms. The van der Waals surface area contributed by atoms with Gasteiger partial charge in [0.2, 0.25) is 11.6 Å². The minimum Gasteiger partial charge on any atom is -0.508 e. The Bertz CT molecular complexity index is 3620. The fourth-order valence-electron chi connectivity index (χ4n) is 15.4. The van der Waals surface area contributed by atoms with Gasteiger partial charge in [0.25, 0.3) is 11.8 Å². The standard InChI is InChI=1S/C38H47N3O6Si.C28H37N3O8/c1-22-16-17-26(40(5)6)24-18-36-19-25-29(41(7)8)30-28(33(39-46-30)45-20-23-14-12-11-13-15-23)32(43)38(25,47-48(9,10)35(2,3)4)34(44)37(36,21-36)31(42)27(22)24;1-6-7-10-39-13-27-11-14-16(30(2)3)8-9-17(32)18(14)22(33)20(27)25(36)28(38)15(12-27)21(31(4)5)23(34)19(24(28)35)26(29)37/h11-17,25,29H,18-21H2,1-10H3;8-9,15,21,32-33,35,38H,6-7,10-13H2,1-5H3,(H2,29,37)/t25-,29-,36-,37+,38+;15-,21-,27-,28+/m00/s1. The molecule has 0 radical (unpaired) electrons. The summed E-state index contributed by atoms with van der Waals surface area (Å²) in [6.07, 6.45) is 3.19. The lowest BCUT2D eigenvalue weighted by Crippen LogP contribution is -2.70. The third-order valence-electron chi connectivity index (χ3n) is 20.6. The van der Waals surface area contributed by atoms with Crippen molar-refractivity contribution in [2.24, 2.45) is 33.8 Å². The zero-order valence-electron chi connectivity index (χ0n) is 52.8. The quantitative estimate of drug-likeness (QED) is 0.0328. The second-order valence-corrected chi connectivity index (χ2v) is 32.4. The molecule has 6 N–H and O–H groups in total. The SMILES string of the molecule is CCCCOC[C@@]12Cc3c(N(C)C)ccc(O)c3C(O)=C1C(=O)[C@]1(O)C(O)=C(C(N)=O)C(=O)[C@@H](N(C)C)[C@@H]1C2.Cc1ccc(N(C)C)c2c1C(=O)[C@@]13C[C@]1(C2)C[C@H]1[C@H](N(C)C)c2onc(OCc4ccccc4)c2C(=O)[C@@]1(O[Si](C)(C)C(C)(C)C)C3=O. The van der Waals surface area contributed by atoms with E-state index in [-0.39, 0.29) is 71.0 Å². The van der Waals surface area contributed by atoms with Gasteiger partial charge in [-0.2, -0.15) is 0 Å². The number of primary amides is 1. The van der Waals surface area contributed by atoms with E-state index >= 15 is 9.59 Å². The highest BCUT2D eigenvalue weighted by Crippen LogP contribution is 2.79. The normalized spacial score (nSPS) is 28.8. The topological polar surface area (TPSA) is 276 Å². The molecular weight excluding hydrogens is 1130 g/mol. The molecule has 3 fully saturated rings. The van der Waals surface area contributed by atoms with E-state index in [1.165, 1.54) is 11.0 Å². The average Bonchev–Trinajstić information content (AvgIpc) is 1.48. The van der Waals surface area contributed by atoms with E-state index in [1.807, 2.05) is 107 Å². The number of hydrogen-bond donors (Lipinski definition) is 5. The van der Waals surface area contributed by atoms with Crippen LogP contribution < -0.4 is 20.3 Å². The fraction of sp³-hybridized carbons (Fsp3) is 0.530. The van der Waals surface area contributed by atoms with Crippen molar-refractivity contribution in [3.05, 3.63) is 116 Å². The van der Waals surface area contributed by atoms with Crippen molar-refractivity contribution in [3.8, 4) is 11.6 Å².